The zero-order chi connectivity index (χ0) is 24.0. The van der Waals surface area contributed by atoms with Gasteiger partial charge in [0, 0.05) is 36.8 Å². The number of nitrogens with one attached hydrogen (secondary N) is 1. The van der Waals surface area contributed by atoms with Crippen LogP contribution in [-0.2, 0) is 24.3 Å². The van der Waals surface area contributed by atoms with E-state index in [2.05, 4.69) is 57.2 Å². The third kappa shape index (κ3) is 5.80. The predicted molar refractivity (Wildman–Crippen MR) is 139 cm³/mol. The van der Waals surface area contributed by atoms with Crippen LogP contribution in [0, 0.1) is 11.7 Å². The predicted octanol–water partition coefficient (Wildman–Crippen LogP) is 5.40. The Kier molecular flexibility index (Phi) is 7.24. The molecule has 2 heterocycles. The minimum Gasteiger partial charge on any atom is -0.356 e. The molecule has 1 aromatic heterocycles. The minimum absolute atomic E-state index is 0.0899. The minimum atomic E-state index is -0.210. The Hall–Kier alpha value is -3.44. The van der Waals surface area contributed by atoms with Crippen molar-refractivity contribution in [2.45, 2.75) is 32.4 Å². The normalized spacial score (nSPS) is 14.9. The monoisotopic (exact) mass is 469 g/mol. The molecule has 0 saturated carbocycles. The van der Waals surface area contributed by atoms with Crippen LogP contribution in [0.2, 0.25) is 0 Å². The molecule has 1 N–H and O–H groups in total. The number of nitrogens with zero attached hydrogens (tertiary/aromatic N) is 2. The molecule has 1 amide bonds. The van der Waals surface area contributed by atoms with Gasteiger partial charge < -0.3 is 9.88 Å². The number of benzene rings is 3. The van der Waals surface area contributed by atoms with Crippen molar-refractivity contribution < 1.29 is 9.18 Å². The standard InChI is InChI=1S/C30H32FN3O/c31-27-12-10-24(11-13-27)21-34-28(20-26-8-4-5-9-29(26)34)22-33-18-15-25(16-19-33)30(35)32-17-14-23-6-2-1-3-7-23/h1-13,20,25H,14-19,21-22H2,(H,32,35). The van der Waals surface area contributed by atoms with Crippen molar-refractivity contribution in [3.63, 3.8) is 0 Å². The number of hydrogen-bond acceptors (Lipinski definition) is 2. The van der Waals surface area contributed by atoms with Crippen LogP contribution in [0.4, 0.5) is 4.39 Å². The van der Waals surface area contributed by atoms with Crippen LogP contribution in [0.15, 0.2) is 84.9 Å². The Morgan fingerprint density at radius 3 is 2.34 bits per heavy atom. The van der Waals surface area contributed by atoms with Crippen molar-refractivity contribution >= 4 is 16.8 Å². The second-order valence-corrected chi connectivity index (χ2v) is 9.48. The van der Waals surface area contributed by atoms with E-state index >= 15 is 0 Å². The van der Waals surface area contributed by atoms with Crippen LogP contribution in [0.25, 0.3) is 10.9 Å². The maximum absolute atomic E-state index is 13.4. The average molecular weight is 470 g/mol. The number of hydrogen-bond donors (Lipinski definition) is 1. The first-order valence-electron chi connectivity index (χ1n) is 12.5. The topological polar surface area (TPSA) is 37.3 Å². The van der Waals surface area contributed by atoms with E-state index in [1.807, 2.05) is 30.3 Å². The Bertz CT molecular complexity index is 1260. The molecule has 0 atom stereocenters. The average Bonchev–Trinajstić information content (AvgIpc) is 3.23. The van der Waals surface area contributed by atoms with Crippen LogP contribution in [0.3, 0.4) is 0 Å². The summed E-state index contributed by atoms with van der Waals surface area (Å²) in [6.45, 7) is 4.07. The molecule has 1 saturated heterocycles. The fourth-order valence-electron chi connectivity index (χ4n) is 5.06. The highest BCUT2D eigenvalue weighted by Gasteiger charge is 2.25. The summed E-state index contributed by atoms with van der Waals surface area (Å²) in [5.74, 6) is 0.0661. The molecule has 1 aliphatic rings. The fourth-order valence-corrected chi connectivity index (χ4v) is 5.06. The van der Waals surface area contributed by atoms with Crippen LogP contribution < -0.4 is 5.32 Å². The first-order chi connectivity index (χ1) is 17.2. The van der Waals surface area contributed by atoms with Gasteiger partial charge in [-0.2, -0.15) is 0 Å². The molecule has 0 unspecified atom stereocenters. The summed E-state index contributed by atoms with van der Waals surface area (Å²) in [7, 11) is 0. The van der Waals surface area contributed by atoms with Crippen molar-refractivity contribution in [1.82, 2.24) is 14.8 Å². The van der Waals surface area contributed by atoms with E-state index < -0.39 is 0 Å². The second-order valence-electron chi connectivity index (χ2n) is 9.48. The van der Waals surface area contributed by atoms with Gasteiger partial charge in [-0.3, -0.25) is 9.69 Å². The molecule has 35 heavy (non-hydrogen) atoms. The van der Waals surface area contributed by atoms with Crippen LogP contribution in [-0.4, -0.2) is 35.0 Å². The van der Waals surface area contributed by atoms with Gasteiger partial charge in [-0.05, 0) is 73.1 Å². The summed E-state index contributed by atoms with van der Waals surface area (Å²) in [5, 5.41) is 4.35. The van der Waals surface area contributed by atoms with E-state index in [1.54, 1.807) is 0 Å². The first kappa shape index (κ1) is 23.3. The molecule has 3 aromatic carbocycles. The van der Waals surface area contributed by atoms with Crippen LogP contribution >= 0.6 is 0 Å². The zero-order valence-corrected chi connectivity index (χ0v) is 20.0. The SMILES string of the molecule is O=C(NCCc1ccccc1)C1CCN(Cc2cc3ccccc3n2Cc2ccc(F)cc2)CC1. The Morgan fingerprint density at radius 1 is 0.857 bits per heavy atom. The highest BCUT2D eigenvalue weighted by atomic mass is 19.1. The zero-order valence-electron chi connectivity index (χ0n) is 20.0. The van der Waals surface area contributed by atoms with E-state index in [1.165, 1.54) is 34.3 Å². The van der Waals surface area contributed by atoms with Gasteiger partial charge in [-0.15, -0.1) is 0 Å². The molecule has 1 aliphatic heterocycles. The molecule has 1 fully saturated rings. The number of piperidine rings is 1. The van der Waals surface area contributed by atoms with Crippen LogP contribution in [0.5, 0.6) is 0 Å². The van der Waals surface area contributed by atoms with E-state index in [0.29, 0.717) is 13.1 Å². The molecule has 0 aliphatic carbocycles. The molecule has 180 valence electrons. The Labute approximate surface area is 206 Å². The number of likely N-dealkylation sites (tertiary alicyclic amines) is 1. The van der Waals surface area contributed by atoms with Crippen molar-refractivity contribution in [3.8, 4) is 0 Å². The number of para-hydroxylation sites is 1. The quantitative estimate of drug-likeness (QED) is 0.375. The van der Waals surface area contributed by atoms with E-state index in [0.717, 1.165) is 44.5 Å². The van der Waals surface area contributed by atoms with Crippen LogP contribution in [0.1, 0.15) is 29.7 Å². The van der Waals surface area contributed by atoms with Gasteiger partial charge in [-0.1, -0.05) is 60.7 Å². The fraction of sp³-hybridized carbons (Fsp3) is 0.300. The highest BCUT2D eigenvalue weighted by molar-refractivity contribution is 5.81. The molecule has 0 spiro atoms. The van der Waals surface area contributed by atoms with Gasteiger partial charge in [-0.25, -0.2) is 4.39 Å². The van der Waals surface area contributed by atoms with Crippen molar-refractivity contribution in [2.75, 3.05) is 19.6 Å². The van der Waals surface area contributed by atoms with Gasteiger partial charge in [0.2, 0.25) is 5.91 Å². The van der Waals surface area contributed by atoms with E-state index in [9.17, 15) is 9.18 Å². The number of aromatic nitrogens is 1. The summed E-state index contributed by atoms with van der Waals surface area (Å²) >= 11 is 0. The summed E-state index contributed by atoms with van der Waals surface area (Å²) in [6, 6.07) is 27.7. The van der Waals surface area contributed by atoms with Gasteiger partial charge in [0.1, 0.15) is 5.82 Å². The summed E-state index contributed by atoms with van der Waals surface area (Å²) in [6.07, 6.45) is 2.63. The Balaban J connectivity index is 1.19. The molecular weight excluding hydrogens is 437 g/mol. The summed E-state index contributed by atoms with van der Waals surface area (Å²) < 4.78 is 15.7. The lowest BCUT2D eigenvalue weighted by Crippen LogP contribution is -2.40. The van der Waals surface area contributed by atoms with Gasteiger partial charge >= 0.3 is 0 Å². The lowest BCUT2D eigenvalue weighted by molar-refractivity contribution is -0.126. The number of amides is 1. The second kappa shape index (κ2) is 10.9. The third-order valence-corrected chi connectivity index (χ3v) is 7.05. The van der Waals surface area contributed by atoms with E-state index in [4.69, 9.17) is 0 Å². The van der Waals surface area contributed by atoms with Gasteiger partial charge in [0.25, 0.3) is 0 Å². The van der Waals surface area contributed by atoms with Gasteiger partial charge in [0.15, 0.2) is 0 Å². The number of carbonyl (C=O) groups excluding carboxylic acids is 1. The maximum atomic E-state index is 13.4. The molecule has 5 rings (SSSR count). The van der Waals surface area contributed by atoms with Gasteiger partial charge in [0.05, 0.1) is 0 Å². The lowest BCUT2D eigenvalue weighted by Gasteiger charge is -2.31. The third-order valence-electron chi connectivity index (χ3n) is 7.05. The number of halogens is 1. The molecule has 4 nitrogen and oxygen atoms in total. The van der Waals surface area contributed by atoms with E-state index in [-0.39, 0.29) is 17.6 Å². The number of carbonyl (C=O) groups is 1. The van der Waals surface area contributed by atoms with Crippen molar-refractivity contribution in [3.05, 3.63) is 108 Å². The molecular formula is C30H32FN3O. The highest BCUT2D eigenvalue weighted by Crippen LogP contribution is 2.25. The first-order valence-corrected chi connectivity index (χ1v) is 12.5. The molecule has 5 heteroatoms. The molecule has 0 radical (unpaired) electrons. The van der Waals surface area contributed by atoms with Crippen molar-refractivity contribution in [1.29, 1.82) is 0 Å². The number of rotatable bonds is 8. The lowest BCUT2D eigenvalue weighted by atomic mass is 9.95. The number of fused-ring (bicyclic) bond motifs is 1. The molecule has 0 bridgehead atoms. The smallest absolute Gasteiger partial charge is 0.223 e. The summed E-state index contributed by atoms with van der Waals surface area (Å²) in [4.78, 5) is 15.1. The van der Waals surface area contributed by atoms with Crippen molar-refractivity contribution in [2.24, 2.45) is 5.92 Å². The maximum Gasteiger partial charge on any atom is 0.223 e. The Morgan fingerprint density at radius 2 is 1.57 bits per heavy atom. The summed E-state index contributed by atoms with van der Waals surface area (Å²) in [5.41, 5.74) is 4.78. The molecule has 4 aromatic rings. The largest absolute Gasteiger partial charge is 0.356 e.